The summed E-state index contributed by atoms with van der Waals surface area (Å²) in [5.74, 6) is 0.747. The van der Waals surface area contributed by atoms with Crippen molar-refractivity contribution in [1.82, 2.24) is 0 Å². The van der Waals surface area contributed by atoms with Crippen LogP contribution in [0.4, 0.5) is 0 Å². The number of benzene rings is 2. The van der Waals surface area contributed by atoms with Crippen molar-refractivity contribution >= 4 is 23.2 Å². The molecule has 0 aliphatic heterocycles. The van der Waals surface area contributed by atoms with E-state index in [1.807, 2.05) is 30.3 Å². The van der Waals surface area contributed by atoms with Crippen LogP contribution < -0.4 is 10.5 Å². The van der Waals surface area contributed by atoms with Crippen LogP contribution in [0.5, 0.6) is 5.75 Å². The minimum Gasteiger partial charge on any atom is -0.496 e. The van der Waals surface area contributed by atoms with Gasteiger partial charge in [0.2, 0.25) is 0 Å². The lowest BCUT2D eigenvalue weighted by Gasteiger charge is -2.13. The molecule has 94 valence electrons. The molecule has 0 atom stereocenters. The maximum Gasteiger partial charge on any atom is 0.126 e. The van der Waals surface area contributed by atoms with Gasteiger partial charge in [-0.15, -0.1) is 0 Å². The van der Waals surface area contributed by atoms with Gasteiger partial charge in [0.05, 0.1) is 7.11 Å². The van der Waals surface area contributed by atoms with E-state index in [4.69, 9.17) is 33.7 Å². The van der Waals surface area contributed by atoms with Gasteiger partial charge in [-0.3, -0.25) is 0 Å². The maximum absolute atomic E-state index is 6.04. The van der Waals surface area contributed by atoms with E-state index in [1.54, 1.807) is 13.2 Å². The van der Waals surface area contributed by atoms with Crippen LogP contribution >= 0.6 is 23.2 Å². The van der Waals surface area contributed by atoms with Gasteiger partial charge in [-0.2, -0.15) is 0 Å². The van der Waals surface area contributed by atoms with E-state index >= 15 is 0 Å². The van der Waals surface area contributed by atoms with Crippen LogP contribution in [0.1, 0.15) is 5.56 Å². The van der Waals surface area contributed by atoms with Gasteiger partial charge in [0.15, 0.2) is 0 Å². The van der Waals surface area contributed by atoms with E-state index in [-0.39, 0.29) is 0 Å². The molecule has 0 radical (unpaired) electrons. The Bertz CT molecular complexity index is 518. The summed E-state index contributed by atoms with van der Waals surface area (Å²) >= 11 is 12.1. The lowest BCUT2D eigenvalue weighted by atomic mass is 9.99. The molecule has 2 aromatic carbocycles. The number of halogens is 2. The fraction of sp³-hybridized carbons (Fsp3) is 0.143. The summed E-state index contributed by atoms with van der Waals surface area (Å²) in [6.45, 7) is 0.433. The quantitative estimate of drug-likeness (QED) is 0.918. The molecule has 0 aliphatic carbocycles. The van der Waals surface area contributed by atoms with Crippen molar-refractivity contribution in [3.05, 3.63) is 52.0 Å². The molecular formula is C14H13Cl2NO. The normalized spacial score (nSPS) is 10.4. The average Bonchev–Trinajstić information content (AvgIpc) is 2.38. The second-order valence-corrected chi connectivity index (χ2v) is 4.72. The van der Waals surface area contributed by atoms with Crippen molar-refractivity contribution in [2.75, 3.05) is 7.11 Å². The van der Waals surface area contributed by atoms with E-state index < -0.39 is 0 Å². The largest absolute Gasteiger partial charge is 0.496 e. The molecule has 0 aliphatic rings. The van der Waals surface area contributed by atoms with Crippen LogP contribution in [-0.2, 0) is 6.54 Å². The predicted molar refractivity (Wildman–Crippen MR) is 76.3 cm³/mol. The number of ether oxygens (including phenoxy) is 1. The topological polar surface area (TPSA) is 35.2 Å². The van der Waals surface area contributed by atoms with E-state index in [1.165, 1.54) is 0 Å². The van der Waals surface area contributed by atoms with Crippen molar-refractivity contribution in [2.45, 2.75) is 6.54 Å². The highest BCUT2D eigenvalue weighted by Gasteiger charge is 2.11. The fourth-order valence-electron chi connectivity index (χ4n) is 1.87. The van der Waals surface area contributed by atoms with Crippen LogP contribution in [0, 0.1) is 0 Å². The molecule has 2 nitrogen and oxygen atoms in total. The first-order chi connectivity index (χ1) is 8.65. The van der Waals surface area contributed by atoms with Crippen LogP contribution in [-0.4, -0.2) is 7.11 Å². The highest BCUT2D eigenvalue weighted by Crippen LogP contribution is 2.35. The Kier molecular flexibility index (Phi) is 4.12. The first kappa shape index (κ1) is 13.2. The summed E-state index contributed by atoms with van der Waals surface area (Å²) in [4.78, 5) is 0. The molecule has 0 heterocycles. The zero-order valence-corrected chi connectivity index (χ0v) is 11.4. The van der Waals surface area contributed by atoms with Gasteiger partial charge < -0.3 is 10.5 Å². The third-order valence-electron chi connectivity index (χ3n) is 2.74. The van der Waals surface area contributed by atoms with Gasteiger partial charge in [-0.05, 0) is 41.5 Å². The van der Waals surface area contributed by atoms with E-state index in [2.05, 4.69) is 0 Å². The number of methoxy groups -OCH3 is 1. The lowest BCUT2D eigenvalue weighted by molar-refractivity contribution is 0.416. The van der Waals surface area contributed by atoms with Crippen molar-refractivity contribution in [2.24, 2.45) is 5.73 Å². The van der Waals surface area contributed by atoms with E-state index in [0.29, 0.717) is 16.6 Å². The average molecular weight is 282 g/mol. The van der Waals surface area contributed by atoms with Gasteiger partial charge in [-0.1, -0.05) is 29.3 Å². The smallest absolute Gasteiger partial charge is 0.126 e. The lowest BCUT2D eigenvalue weighted by Crippen LogP contribution is -1.99. The first-order valence-electron chi connectivity index (χ1n) is 5.48. The van der Waals surface area contributed by atoms with Gasteiger partial charge in [0, 0.05) is 22.2 Å². The third kappa shape index (κ3) is 2.61. The molecule has 0 saturated heterocycles. The first-order valence-corrected chi connectivity index (χ1v) is 6.23. The Morgan fingerprint density at radius 1 is 1.00 bits per heavy atom. The van der Waals surface area contributed by atoms with Crippen molar-refractivity contribution in [1.29, 1.82) is 0 Å². The van der Waals surface area contributed by atoms with Crippen LogP contribution in [0.15, 0.2) is 36.4 Å². The molecule has 18 heavy (non-hydrogen) atoms. The number of hydrogen-bond acceptors (Lipinski definition) is 2. The Morgan fingerprint density at radius 2 is 1.61 bits per heavy atom. The molecule has 0 spiro atoms. The second-order valence-electron chi connectivity index (χ2n) is 3.85. The summed E-state index contributed by atoms with van der Waals surface area (Å²) in [5, 5.41) is 1.30. The molecule has 4 heteroatoms. The van der Waals surface area contributed by atoms with Gasteiger partial charge in [-0.25, -0.2) is 0 Å². The molecule has 0 amide bonds. The Balaban J connectivity index is 2.67. The maximum atomic E-state index is 6.04. The molecule has 2 N–H and O–H groups in total. The van der Waals surface area contributed by atoms with Crippen molar-refractivity contribution < 1.29 is 4.74 Å². The Morgan fingerprint density at radius 3 is 2.22 bits per heavy atom. The summed E-state index contributed by atoms with van der Waals surface area (Å²) in [6, 6.07) is 11.1. The van der Waals surface area contributed by atoms with Crippen LogP contribution in [0.2, 0.25) is 10.0 Å². The highest BCUT2D eigenvalue weighted by atomic mass is 35.5. The van der Waals surface area contributed by atoms with Crippen molar-refractivity contribution in [3.63, 3.8) is 0 Å². The molecule has 0 unspecified atom stereocenters. The zero-order valence-electron chi connectivity index (χ0n) is 9.91. The summed E-state index contributed by atoms with van der Waals surface area (Å²) in [7, 11) is 1.62. The predicted octanol–water partition coefficient (Wildman–Crippen LogP) is 4.13. The minimum absolute atomic E-state index is 0.433. The summed E-state index contributed by atoms with van der Waals surface area (Å²) in [6.07, 6.45) is 0. The molecule has 2 aromatic rings. The molecule has 0 aromatic heterocycles. The molecule has 0 bridgehead atoms. The minimum atomic E-state index is 0.433. The van der Waals surface area contributed by atoms with Gasteiger partial charge >= 0.3 is 0 Å². The summed E-state index contributed by atoms with van der Waals surface area (Å²) in [5.41, 5.74) is 8.60. The Labute approximate surface area is 116 Å². The molecule has 2 rings (SSSR count). The number of hydrogen-bond donors (Lipinski definition) is 1. The van der Waals surface area contributed by atoms with Crippen LogP contribution in [0.25, 0.3) is 11.1 Å². The summed E-state index contributed by atoms with van der Waals surface area (Å²) < 4.78 is 5.35. The van der Waals surface area contributed by atoms with Crippen LogP contribution in [0.3, 0.4) is 0 Å². The molecular weight excluding hydrogens is 269 g/mol. The van der Waals surface area contributed by atoms with Gasteiger partial charge in [0.1, 0.15) is 5.75 Å². The monoisotopic (exact) mass is 281 g/mol. The van der Waals surface area contributed by atoms with E-state index in [0.717, 1.165) is 22.4 Å². The number of nitrogens with two attached hydrogens (primary N) is 1. The number of rotatable bonds is 3. The third-order valence-corrected chi connectivity index (χ3v) is 3.21. The molecule has 0 fully saturated rings. The molecule has 0 saturated carbocycles. The zero-order chi connectivity index (χ0) is 13.1. The van der Waals surface area contributed by atoms with Gasteiger partial charge in [0.25, 0.3) is 0 Å². The highest BCUT2D eigenvalue weighted by molar-refractivity contribution is 6.31. The van der Waals surface area contributed by atoms with Crippen molar-refractivity contribution in [3.8, 4) is 16.9 Å². The SMILES string of the molecule is COc1ccc(Cl)cc1-c1cc(Cl)ccc1CN. The van der Waals surface area contributed by atoms with E-state index in [9.17, 15) is 0 Å². The Hall–Kier alpha value is -1.22. The second kappa shape index (κ2) is 5.61. The fourth-order valence-corrected chi connectivity index (χ4v) is 2.21. The standard InChI is InChI=1S/C14H13Cl2NO/c1-18-14-5-4-11(16)7-13(14)12-6-10(15)3-2-9(12)8-17/h2-7H,8,17H2,1H3.